The lowest BCUT2D eigenvalue weighted by Gasteiger charge is -2.62. The zero-order chi connectivity index (χ0) is 28.2. The number of carbonyl (C=O) groups excluding carboxylic acids is 1. The first-order valence-corrected chi connectivity index (χ1v) is 16.4. The normalized spacial score (nSPS) is 39.8. The molecule has 1 aromatic heterocycles. The van der Waals surface area contributed by atoms with Crippen molar-refractivity contribution in [2.75, 3.05) is 6.54 Å². The topological polar surface area (TPSA) is 85.4 Å². The van der Waals surface area contributed by atoms with E-state index in [1.54, 1.807) is 0 Å². The average Bonchev–Trinajstić information content (AvgIpc) is 3.48. The van der Waals surface area contributed by atoms with Gasteiger partial charge in [-0.3, -0.25) is 4.79 Å². The minimum Gasteiger partial charge on any atom is -0.393 e. The van der Waals surface area contributed by atoms with Crippen LogP contribution in [-0.2, 0) is 11.2 Å². The Bertz CT molecular complexity index is 1230. The zero-order valence-electron chi connectivity index (χ0n) is 24.6. The lowest BCUT2D eigenvalue weighted by molar-refractivity contribution is -0.174. The molecule has 4 aliphatic rings. The number of aromatic nitrogens is 1. The molecule has 4 fully saturated rings. The Hall–Kier alpha value is -1.56. The van der Waals surface area contributed by atoms with Gasteiger partial charge in [0.05, 0.1) is 12.2 Å². The molecule has 40 heavy (non-hydrogen) atoms. The van der Waals surface area contributed by atoms with Crippen LogP contribution < -0.4 is 5.32 Å². The van der Waals surface area contributed by atoms with Gasteiger partial charge in [-0.15, -0.1) is 0 Å². The van der Waals surface area contributed by atoms with Crippen LogP contribution >= 0.6 is 11.6 Å². The summed E-state index contributed by atoms with van der Waals surface area (Å²) < 4.78 is 0. The highest BCUT2D eigenvalue weighted by Gasteiger charge is 2.62. The number of carbonyl (C=O) groups is 1. The molecule has 0 aliphatic heterocycles. The van der Waals surface area contributed by atoms with Gasteiger partial charge in [0.25, 0.3) is 0 Å². The second kappa shape index (κ2) is 10.9. The summed E-state index contributed by atoms with van der Waals surface area (Å²) in [6.07, 6.45) is 12.6. The van der Waals surface area contributed by atoms with Gasteiger partial charge in [0.2, 0.25) is 5.91 Å². The summed E-state index contributed by atoms with van der Waals surface area (Å²) in [5.41, 5.74) is 2.78. The maximum Gasteiger partial charge on any atom is 0.220 e. The van der Waals surface area contributed by atoms with Crippen LogP contribution in [0.3, 0.4) is 0 Å². The Labute approximate surface area is 244 Å². The van der Waals surface area contributed by atoms with E-state index in [2.05, 4.69) is 31.1 Å². The number of nitrogens with one attached hydrogen (secondary N) is 2. The van der Waals surface area contributed by atoms with Crippen LogP contribution in [0.2, 0.25) is 5.02 Å². The summed E-state index contributed by atoms with van der Waals surface area (Å²) in [4.78, 5) is 16.1. The molecule has 0 radical (unpaired) electrons. The van der Waals surface area contributed by atoms with E-state index in [4.69, 9.17) is 11.6 Å². The number of aliphatic hydroxyl groups is 2. The Morgan fingerprint density at radius 1 is 1.10 bits per heavy atom. The molecule has 220 valence electrons. The number of rotatable bonds is 7. The van der Waals surface area contributed by atoms with Crippen LogP contribution in [0.15, 0.2) is 24.4 Å². The van der Waals surface area contributed by atoms with Crippen LogP contribution in [-0.4, -0.2) is 39.9 Å². The molecule has 10 atom stereocenters. The molecular formula is C34H49ClN2O3. The van der Waals surface area contributed by atoms with Crippen molar-refractivity contribution < 1.29 is 15.0 Å². The molecule has 0 bridgehead atoms. The van der Waals surface area contributed by atoms with Gasteiger partial charge >= 0.3 is 0 Å². The van der Waals surface area contributed by atoms with Crippen LogP contribution in [0.1, 0.15) is 90.5 Å². The Morgan fingerprint density at radius 3 is 2.70 bits per heavy atom. The van der Waals surface area contributed by atoms with Crippen molar-refractivity contribution in [1.82, 2.24) is 10.3 Å². The molecule has 4 aliphatic carbocycles. The second-order valence-electron chi connectivity index (χ2n) is 14.6. The summed E-state index contributed by atoms with van der Waals surface area (Å²) in [5, 5.41) is 26.8. The lowest BCUT2D eigenvalue weighted by atomic mass is 9.43. The maximum absolute atomic E-state index is 12.8. The van der Waals surface area contributed by atoms with E-state index < -0.39 is 0 Å². The number of hydrogen-bond acceptors (Lipinski definition) is 3. The van der Waals surface area contributed by atoms with E-state index in [0.29, 0.717) is 48.5 Å². The van der Waals surface area contributed by atoms with Crippen LogP contribution in [0.25, 0.3) is 10.9 Å². The quantitative estimate of drug-likeness (QED) is 0.293. The first-order chi connectivity index (χ1) is 19.1. The van der Waals surface area contributed by atoms with Crippen molar-refractivity contribution in [3.8, 4) is 0 Å². The monoisotopic (exact) mass is 568 g/mol. The summed E-state index contributed by atoms with van der Waals surface area (Å²) in [6, 6.07) is 5.87. The Balaban J connectivity index is 1.03. The van der Waals surface area contributed by atoms with Gasteiger partial charge in [-0.2, -0.15) is 0 Å². The highest BCUT2D eigenvalue weighted by Crippen LogP contribution is 2.68. The van der Waals surface area contributed by atoms with Gasteiger partial charge in [-0.05, 0) is 134 Å². The van der Waals surface area contributed by atoms with E-state index in [-0.39, 0.29) is 28.9 Å². The molecule has 4 N–H and O–H groups in total. The van der Waals surface area contributed by atoms with Crippen molar-refractivity contribution in [1.29, 1.82) is 0 Å². The van der Waals surface area contributed by atoms with Crippen molar-refractivity contribution in [2.45, 2.75) is 104 Å². The molecule has 6 heteroatoms. The standard InChI is InChI=1S/C34H49ClN2O3/c1-20(4-9-31(40)36-15-12-21-19-37-29-8-5-23(35)18-25(21)29)26-6-7-27-32-28(11-14-34(26,27)3)33(2)13-10-24(38)16-22(33)17-30(32)39/h5,8,18-20,22,24,26-28,30,32,37-39H,4,6-7,9-17H2,1-3H3,(H,36,40). The zero-order valence-corrected chi connectivity index (χ0v) is 25.4. The number of hydrogen-bond donors (Lipinski definition) is 4. The molecule has 2 aromatic rings. The minimum atomic E-state index is -0.231. The van der Waals surface area contributed by atoms with Gasteiger partial charge in [0.1, 0.15) is 0 Å². The summed E-state index contributed by atoms with van der Waals surface area (Å²) >= 11 is 6.18. The second-order valence-corrected chi connectivity index (χ2v) is 15.0. The number of amides is 1. The molecule has 10 unspecified atom stereocenters. The highest BCUT2D eigenvalue weighted by atomic mass is 35.5. The fraction of sp³-hybridized carbons (Fsp3) is 0.735. The smallest absolute Gasteiger partial charge is 0.220 e. The first kappa shape index (κ1) is 28.6. The largest absolute Gasteiger partial charge is 0.393 e. The van der Waals surface area contributed by atoms with Gasteiger partial charge in [0, 0.05) is 35.1 Å². The van der Waals surface area contributed by atoms with Crippen molar-refractivity contribution in [3.05, 3.63) is 35.0 Å². The van der Waals surface area contributed by atoms with Gasteiger partial charge in [0.15, 0.2) is 0 Å². The van der Waals surface area contributed by atoms with Crippen LogP contribution in [0, 0.1) is 46.3 Å². The lowest BCUT2D eigenvalue weighted by Crippen LogP contribution is -2.58. The molecular weight excluding hydrogens is 520 g/mol. The van der Waals surface area contributed by atoms with Gasteiger partial charge in [-0.1, -0.05) is 32.4 Å². The number of aromatic amines is 1. The van der Waals surface area contributed by atoms with E-state index in [1.165, 1.54) is 31.2 Å². The molecule has 1 amide bonds. The third kappa shape index (κ3) is 4.92. The van der Waals surface area contributed by atoms with Gasteiger partial charge < -0.3 is 20.5 Å². The predicted octanol–water partition coefficient (Wildman–Crippen LogP) is 6.89. The van der Waals surface area contributed by atoms with Crippen LogP contribution in [0.5, 0.6) is 0 Å². The number of fused-ring (bicyclic) bond motifs is 6. The molecule has 0 spiro atoms. The van der Waals surface area contributed by atoms with E-state index in [0.717, 1.165) is 54.5 Å². The average molecular weight is 569 g/mol. The molecule has 1 heterocycles. The molecule has 0 saturated heterocycles. The Morgan fingerprint density at radius 2 is 1.88 bits per heavy atom. The number of benzene rings is 1. The van der Waals surface area contributed by atoms with Crippen LogP contribution in [0.4, 0.5) is 0 Å². The van der Waals surface area contributed by atoms with E-state index in [9.17, 15) is 15.0 Å². The molecule has 4 saturated carbocycles. The highest BCUT2D eigenvalue weighted by molar-refractivity contribution is 6.31. The number of halogens is 1. The van der Waals surface area contributed by atoms with E-state index in [1.807, 2.05) is 24.4 Å². The molecule has 6 rings (SSSR count). The SMILES string of the molecule is CC(CCC(=O)NCCc1c[nH]c2ccc(Cl)cc12)C1CCC2C3C(O)CC4CC(O)CCC4(C)C3CCC12C. The van der Waals surface area contributed by atoms with Gasteiger partial charge in [-0.25, -0.2) is 0 Å². The Kier molecular flexibility index (Phi) is 7.80. The fourth-order valence-electron chi connectivity index (χ4n) is 10.5. The predicted molar refractivity (Wildman–Crippen MR) is 161 cm³/mol. The summed E-state index contributed by atoms with van der Waals surface area (Å²) in [7, 11) is 0. The minimum absolute atomic E-state index is 0.147. The van der Waals surface area contributed by atoms with Crippen molar-refractivity contribution >= 4 is 28.4 Å². The number of aliphatic hydroxyl groups excluding tert-OH is 2. The molecule has 1 aromatic carbocycles. The van der Waals surface area contributed by atoms with Crippen molar-refractivity contribution in [2.24, 2.45) is 46.3 Å². The summed E-state index contributed by atoms with van der Waals surface area (Å²) in [6.45, 7) is 8.00. The summed E-state index contributed by atoms with van der Waals surface area (Å²) in [5.74, 6) is 3.29. The third-order valence-corrected chi connectivity index (χ3v) is 12.9. The maximum atomic E-state index is 12.8. The van der Waals surface area contributed by atoms with E-state index >= 15 is 0 Å². The molecule has 5 nitrogen and oxygen atoms in total. The fourth-order valence-corrected chi connectivity index (χ4v) is 10.7. The number of H-pyrrole nitrogens is 1. The van der Waals surface area contributed by atoms with Crippen molar-refractivity contribution in [3.63, 3.8) is 0 Å². The first-order valence-electron chi connectivity index (χ1n) is 16.0. The third-order valence-electron chi connectivity index (χ3n) is 12.7.